The monoisotopic (exact) mass is 329 g/mol. The maximum Gasteiger partial charge on any atom is 0.233 e. The standard InChI is InChI=1S/C19H23NO2S/c1-4-22-18-8-6-5-7-16(18)13-20-19(21)15(3)23-17-11-9-14(2)10-12-17/h5-12,15H,4,13H2,1-3H3,(H,20,21). The van der Waals surface area contributed by atoms with E-state index in [0.29, 0.717) is 13.2 Å². The molecule has 2 rings (SSSR count). The van der Waals surface area contributed by atoms with E-state index >= 15 is 0 Å². The van der Waals surface area contributed by atoms with Crippen LogP contribution in [0.5, 0.6) is 5.75 Å². The maximum atomic E-state index is 12.3. The molecule has 0 radical (unpaired) electrons. The van der Waals surface area contributed by atoms with Gasteiger partial charge in [-0.2, -0.15) is 0 Å². The van der Waals surface area contributed by atoms with Gasteiger partial charge in [0.15, 0.2) is 0 Å². The van der Waals surface area contributed by atoms with Crippen molar-refractivity contribution in [1.82, 2.24) is 5.32 Å². The van der Waals surface area contributed by atoms with Gasteiger partial charge < -0.3 is 10.1 Å². The Balaban J connectivity index is 1.90. The Morgan fingerprint density at radius 3 is 2.57 bits per heavy atom. The summed E-state index contributed by atoms with van der Waals surface area (Å²) in [6.07, 6.45) is 0. The topological polar surface area (TPSA) is 38.3 Å². The molecule has 0 aliphatic carbocycles. The van der Waals surface area contributed by atoms with Gasteiger partial charge in [-0.15, -0.1) is 11.8 Å². The second-order valence-corrected chi connectivity index (χ2v) is 6.75. The van der Waals surface area contributed by atoms with Gasteiger partial charge in [0.25, 0.3) is 0 Å². The van der Waals surface area contributed by atoms with Crippen LogP contribution in [-0.2, 0) is 11.3 Å². The number of rotatable bonds is 7. The highest BCUT2D eigenvalue weighted by atomic mass is 32.2. The molecule has 1 atom stereocenters. The van der Waals surface area contributed by atoms with Crippen molar-refractivity contribution in [3.05, 3.63) is 59.7 Å². The third kappa shape index (κ3) is 5.32. The lowest BCUT2D eigenvalue weighted by molar-refractivity contribution is -0.120. The largest absolute Gasteiger partial charge is 0.494 e. The van der Waals surface area contributed by atoms with Crippen LogP contribution in [0, 0.1) is 6.92 Å². The first-order valence-corrected chi connectivity index (χ1v) is 8.70. The van der Waals surface area contributed by atoms with E-state index in [2.05, 4.69) is 24.4 Å². The Hall–Kier alpha value is -1.94. The lowest BCUT2D eigenvalue weighted by atomic mass is 10.2. The molecule has 1 unspecified atom stereocenters. The van der Waals surface area contributed by atoms with Crippen molar-refractivity contribution in [3.63, 3.8) is 0 Å². The quantitative estimate of drug-likeness (QED) is 0.774. The molecule has 2 aromatic rings. The summed E-state index contributed by atoms with van der Waals surface area (Å²) in [5.74, 6) is 0.857. The summed E-state index contributed by atoms with van der Waals surface area (Å²) >= 11 is 1.57. The van der Waals surface area contributed by atoms with Crippen molar-refractivity contribution in [1.29, 1.82) is 0 Å². The van der Waals surface area contributed by atoms with E-state index in [0.717, 1.165) is 16.2 Å². The summed E-state index contributed by atoms with van der Waals surface area (Å²) in [7, 11) is 0. The molecule has 0 bridgehead atoms. The first-order valence-electron chi connectivity index (χ1n) is 7.82. The summed E-state index contributed by atoms with van der Waals surface area (Å²) in [6, 6.07) is 16.0. The number of hydrogen-bond acceptors (Lipinski definition) is 3. The average molecular weight is 329 g/mol. The predicted octanol–water partition coefficient (Wildman–Crippen LogP) is 4.19. The molecule has 4 heteroatoms. The lowest BCUT2D eigenvalue weighted by Crippen LogP contribution is -2.30. The zero-order valence-corrected chi connectivity index (χ0v) is 14.7. The van der Waals surface area contributed by atoms with Crippen LogP contribution in [0.2, 0.25) is 0 Å². The smallest absolute Gasteiger partial charge is 0.233 e. The minimum atomic E-state index is -0.142. The van der Waals surface area contributed by atoms with E-state index in [-0.39, 0.29) is 11.2 Å². The molecule has 0 aliphatic rings. The molecule has 0 aromatic heterocycles. The van der Waals surface area contributed by atoms with Gasteiger partial charge in [-0.3, -0.25) is 4.79 Å². The number of hydrogen-bond donors (Lipinski definition) is 1. The number of carbonyl (C=O) groups excluding carboxylic acids is 1. The van der Waals surface area contributed by atoms with Crippen molar-refractivity contribution in [2.24, 2.45) is 0 Å². The molecule has 23 heavy (non-hydrogen) atoms. The molecule has 1 N–H and O–H groups in total. The first-order chi connectivity index (χ1) is 11.1. The molecule has 0 heterocycles. The van der Waals surface area contributed by atoms with Gasteiger partial charge in [-0.1, -0.05) is 35.9 Å². The van der Waals surface area contributed by atoms with E-state index in [1.165, 1.54) is 5.56 Å². The zero-order chi connectivity index (χ0) is 16.7. The molecule has 0 spiro atoms. The van der Waals surface area contributed by atoms with Crippen LogP contribution in [-0.4, -0.2) is 17.8 Å². The van der Waals surface area contributed by atoms with E-state index in [9.17, 15) is 4.79 Å². The van der Waals surface area contributed by atoms with Crippen LogP contribution in [0.1, 0.15) is 25.0 Å². The van der Waals surface area contributed by atoms with Crippen molar-refractivity contribution in [3.8, 4) is 5.75 Å². The molecule has 0 aliphatic heterocycles. The molecule has 1 amide bonds. The molecular weight excluding hydrogens is 306 g/mol. The van der Waals surface area contributed by atoms with Gasteiger partial charge in [-0.25, -0.2) is 0 Å². The molecule has 2 aromatic carbocycles. The minimum Gasteiger partial charge on any atom is -0.494 e. The molecule has 0 fully saturated rings. The third-order valence-corrected chi connectivity index (χ3v) is 4.54. The van der Waals surface area contributed by atoms with Gasteiger partial charge in [0, 0.05) is 17.0 Å². The number of carbonyl (C=O) groups is 1. The third-order valence-electron chi connectivity index (χ3n) is 3.43. The predicted molar refractivity (Wildman–Crippen MR) is 96.0 cm³/mol. The van der Waals surface area contributed by atoms with Crippen LogP contribution in [0.25, 0.3) is 0 Å². The van der Waals surface area contributed by atoms with Gasteiger partial charge in [0.2, 0.25) is 5.91 Å². The number of ether oxygens (including phenoxy) is 1. The lowest BCUT2D eigenvalue weighted by Gasteiger charge is -2.14. The number of aryl methyl sites for hydroxylation is 1. The number of nitrogens with one attached hydrogen (secondary N) is 1. The number of thioether (sulfide) groups is 1. The van der Waals surface area contributed by atoms with Gasteiger partial charge in [-0.05, 0) is 39.0 Å². The zero-order valence-electron chi connectivity index (χ0n) is 13.8. The highest BCUT2D eigenvalue weighted by Crippen LogP contribution is 2.24. The van der Waals surface area contributed by atoms with Crippen molar-refractivity contribution >= 4 is 17.7 Å². The van der Waals surface area contributed by atoms with Crippen LogP contribution in [0.15, 0.2) is 53.4 Å². The van der Waals surface area contributed by atoms with E-state index in [4.69, 9.17) is 4.74 Å². The average Bonchev–Trinajstić information content (AvgIpc) is 2.56. The van der Waals surface area contributed by atoms with Crippen molar-refractivity contribution in [2.75, 3.05) is 6.61 Å². The van der Waals surface area contributed by atoms with Crippen LogP contribution in [0.3, 0.4) is 0 Å². The Morgan fingerprint density at radius 1 is 1.17 bits per heavy atom. The fourth-order valence-electron chi connectivity index (χ4n) is 2.15. The summed E-state index contributed by atoms with van der Waals surface area (Å²) in [6.45, 7) is 7.03. The summed E-state index contributed by atoms with van der Waals surface area (Å²) in [5, 5.41) is 2.85. The second-order valence-electron chi connectivity index (χ2n) is 5.33. The molecule has 3 nitrogen and oxygen atoms in total. The SMILES string of the molecule is CCOc1ccccc1CNC(=O)C(C)Sc1ccc(C)cc1. The second kappa shape index (κ2) is 8.63. The van der Waals surface area contributed by atoms with Gasteiger partial charge in [0.1, 0.15) is 5.75 Å². The summed E-state index contributed by atoms with van der Waals surface area (Å²) in [5.41, 5.74) is 2.22. The number of amides is 1. The minimum absolute atomic E-state index is 0.0295. The maximum absolute atomic E-state index is 12.3. The fraction of sp³-hybridized carbons (Fsp3) is 0.316. The summed E-state index contributed by atoms with van der Waals surface area (Å²) < 4.78 is 5.58. The van der Waals surface area contributed by atoms with Gasteiger partial charge >= 0.3 is 0 Å². The van der Waals surface area contributed by atoms with Crippen molar-refractivity contribution in [2.45, 2.75) is 37.5 Å². The van der Waals surface area contributed by atoms with Crippen LogP contribution >= 0.6 is 11.8 Å². The normalized spacial score (nSPS) is 11.8. The number of para-hydroxylation sites is 1. The highest BCUT2D eigenvalue weighted by Gasteiger charge is 2.14. The Kier molecular flexibility index (Phi) is 6.53. The van der Waals surface area contributed by atoms with E-state index < -0.39 is 0 Å². The first kappa shape index (κ1) is 17.4. The molecular formula is C19H23NO2S. The molecule has 0 saturated carbocycles. The molecule has 0 saturated heterocycles. The van der Waals surface area contributed by atoms with Gasteiger partial charge in [0.05, 0.1) is 11.9 Å². The fourth-order valence-corrected chi connectivity index (χ4v) is 3.04. The van der Waals surface area contributed by atoms with E-state index in [1.54, 1.807) is 11.8 Å². The Bertz CT molecular complexity index is 640. The van der Waals surface area contributed by atoms with E-state index in [1.807, 2.05) is 50.2 Å². The Morgan fingerprint density at radius 2 is 1.87 bits per heavy atom. The van der Waals surface area contributed by atoms with Crippen LogP contribution < -0.4 is 10.1 Å². The highest BCUT2D eigenvalue weighted by molar-refractivity contribution is 8.00. The Labute approximate surface area is 142 Å². The number of benzene rings is 2. The van der Waals surface area contributed by atoms with Crippen LogP contribution in [0.4, 0.5) is 0 Å². The summed E-state index contributed by atoms with van der Waals surface area (Å²) in [4.78, 5) is 13.4. The van der Waals surface area contributed by atoms with Crippen molar-refractivity contribution < 1.29 is 9.53 Å². The molecule has 122 valence electrons.